The molecule has 8 nitrogen and oxygen atoms in total. The maximum absolute atomic E-state index is 11.9. The summed E-state index contributed by atoms with van der Waals surface area (Å²) in [6.45, 7) is 7.44. The molecule has 1 amide bonds. The molecule has 0 aromatic carbocycles. The van der Waals surface area contributed by atoms with Crippen molar-refractivity contribution in [2.75, 3.05) is 32.7 Å². The summed E-state index contributed by atoms with van der Waals surface area (Å²) in [5, 5.41) is 17.8. The molecule has 1 saturated heterocycles. The van der Waals surface area contributed by atoms with Crippen LogP contribution in [0.5, 0.6) is 0 Å². The van der Waals surface area contributed by atoms with E-state index in [0.717, 1.165) is 0 Å². The van der Waals surface area contributed by atoms with E-state index in [9.17, 15) is 14.4 Å². The fourth-order valence-electron chi connectivity index (χ4n) is 2.19. The summed E-state index contributed by atoms with van der Waals surface area (Å²) in [6.07, 6.45) is -0.783. The first kappa shape index (κ1) is 18.2. The van der Waals surface area contributed by atoms with Crippen molar-refractivity contribution in [3.63, 3.8) is 0 Å². The minimum Gasteiger partial charge on any atom is -0.481 e. The minimum atomic E-state index is -1.13. The Bertz CT molecular complexity index is 424. The second-order valence-corrected chi connectivity index (χ2v) is 6.40. The number of piperazine rings is 1. The molecule has 2 N–H and O–H groups in total. The molecule has 0 bridgehead atoms. The summed E-state index contributed by atoms with van der Waals surface area (Å²) >= 11 is 0. The number of carbonyl (C=O) groups excluding carboxylic acids is 1. The van der Waals surface area contributed by atoms with E-state index in [-0.39, 0.29) is 12.6 Å². The first-order valence-electron chi connectivity index (χ1n) is 7.23. The monoisotopic (exact) mass is 316 g/mol. The van der Waals surface area contributed by atoms with E-state index in [1.807, 2.05) is 4.90 Å². The van der Waals surface area contributed by atoms with E-state index in [4.69, 9.17) is 14.9 Å². The van der Waals surface area contributed by atoms with Gasteiger partial charge in [0, 0.05) is 32.7 Å². The topological polar surface area (TPSA) is 107 Å². The molecule has 1 heterocycles. The summed E-state index contributed by atoms with van der Waals surface area (Å²) in [5.41, 5.74) is -0.551. The number of carboxylic acid groups (broad SMARTS) is 2. The third-order valence-corrected chi connectivity index (χ3v) is 3.27. The standard InChI is InChI=1S/C14H24N2O6/c1-14(2,3)22-13(21)16-6-4-15(5-7-16)9-10(12(19)20)8-11(17)18/h10H,4-9H2,1-3H3,(H,17,18)(H,19,20). The fourth-order valence-corrected chi connectivity index (χ4v) is 2.19. The van der Waals surface area contributed by atoms with Gasteiger partial charge in [0.1, 0.15) is 5.60 Å². The van der Waals surface area contributed by atoms with Gasteiger partial charge in [0.25, 0.3) is 0 Å². The molecule has 1 fully saturated rings. The Hall–Kier alpha value is -1.83. The van der Waals surface area contributed by atoms with Crippen molar-refractivity contribution < 1.29 is 29.3 Å². The third kappa shape index (κ3) is 6.30. The third-order valence-electron chi connectivity index (χ3n) is 3.27. The molecule has 1 unspecified atom stereocenters. The normalized spacial score (nSPS) is 17.9. The molecule has 0 radical (unpaired) electrons. The van der Waals surface area contributed by atoms with Crippen molar-refractivity contribution in [2.24, 2.45) is 5.92 Å². The number of aliphatic carboxylic acids is 2. The molecule has 8 heteroatoms. The molecule has 0 saturated carbocycles. The van der Waals surface area contributed by atoms with E-state index < -0.39 is 29.9 Å². The van der Waals surface area contributed by atoms with Gasteiger partial charge in [0.2, 0.25) is 0 Å². The van der Waals surface area contributed by atoms with Gasteiger partial charge in [-0.25, -0.2) is 4.79 Å². The second kappa shape index (κ2) is 7.44. The van der Waals surface area contributed by atoms with Crippen LogP contribution in [0.3, 0.4) is 0 Å². The van der Waals surface area contributed by atoms with E-state index in [1.165, 1.54) is 0 Å². The Morgan fingerprint density at radius 2 is 1.64 bits per heavy atom. The summed E-state index contributed by atoms with van der Waals surface area (Å²) in [4.78, 5) is 37.1. The lowest BCUT2D eigenvalue weighted by atomic mass is 10.0. The molecule has 0 aliphatic carbocycles. The van der Waals surface area contributed by atoms with Gasteiger partial charge in [0.05, 0.1) is 12.3 Å². The highest BCUT2D eigenvalue weighted by atomic mass is 16.6. The van der Waals surface area contributed by atoms with Gasteiger partial charge in [-0.15, -0.1) is 0 Å². The molecule has 1 aliphatic heterocycles. The maximum Gasteiger partial charge on any atom is 0.410 e. The number of hydrogen-bond acceptors (Lipinski definition) is 5. The number of rotatable bonds is 5. The van der Waals surface area contributed by atoms with Crippen LogP contribution in [0.15, 0.2) is 0 Å². The van der Waals surface area contributed by atoms with Crippen LogP contribution in [-0.2, 0) is 14.3 Å². The highest BCUT2D eigenvalue weighted by Crippen LogP contribution is 2.13. The van der Waals surface area contributed by atoms with Gasteiger partial charge >= 0.3 is 18.0 Å². The van der Waals surface area contributed by atoms with Crippen molar-refractivity contribution in [2.45, 2.75) is 32.8 Å². The van der Waals surface area contributed by atoms with Crippen LogP contribution in [0.4, 0.5) is 4.79 Å². The number of hydrogen-bond donors (Lipinski definition) is 2. The SMILES string of the molecule is CC(C)(C)OC(=O)N1CCN(CC(CC(=O)O)C(=O)O)CC1. The zero-order valence-corrected chi connectivity index (χ0v) is 13.2. The minimum absolute atomic E-state index is 0.170. The van der Waals surface area contributed by atoms with Crippen LogP contribution in [0.25, 0.3) is 0 Å². The quantitative estimate of drug-likeness (QED) is 0.769. The largest absolute Gasteiger partial charge is 0.481 e. The lowest BCUT2D eigenvalue weighted by Crippen LogP contribution is -2.51. The van der Waals surface area contributed by atoms with Gasteiger partial charge in [-0.2, -0.15) is 0 Å². The number of carbonyl (C=O) groups is 3. The number of carboxylic acids is 2. The van der Waals surface area contributed by atoms with Crippen molar-refractivity contribution in [3.8, 4) is 0 Å². The summed E-state index contributed by atoms with van der Waals surface area (Å²) in [5.74, 6) is -3.18. The number of amides is 1. The van der Waals surface area contributed by atoms with Crippen molar-refractivity contribution in [3.05, 3.63) is 0 Å². The molecule has 1 atom stereocenters. The number of nitrogens with zero attached hydrogens (tertiary/aromatic N) is 2. The highest BCUT2D eigenvalue weighted by Gasteiger charge is 2.29. The summed E-state index contributed by atoms with van der Waals surface area (Å²) < 4.78 is 5.28. The zero-order valence-electron chi connectivity index (χ0n) is 13.2. The van der Waals surface area contributed by atoms with Gasteiger partial charge in [0.15, 0.2) is 0 Å². The van der Waals surface area contributed by atoms with Gasteiger partial charge in [-0.1, -0.05) is 0 Å². The molecule has 0 aromatic rings. The Labute approximate surface area is 129 Å². The fraction of sp³-hybridized carbons (Fsp3) is 0.786. The van der Waals surface area contributed by atoms with E-state index in [0.29, 0.717) is 26.2 Å². The van der Waals surface area contributed by atoms with Crippen molar-refractivity contribution in [1.82, 2.24) is 9.80 Å². The summed E-state index contributed by atoms with van der Waals surface area (Å²) in [7, 11) is 0. The Morgan fingerprint density at radius 1 is 1.09 bits per heavy atom. The van der Waals surface area contributed by atoms with Crippen LogP contribution in [0, 0.1) is 5.92 Å². The molecule has 1 aliphatic rings. The predicted octanol–water partition coefficient (Wildman–Crippen LogP) is 0.715. The predicted molar refractivity (Wildman–Crippen MR) is 77.6 cm³/mol. The molecule has 0 aromatic heterocycles. The zero-order chi connectivity index (χ0) is 16.9. The summed E-state index contributed by atoms with van der Waals surface area (Å²) in [6, 6.07) is 0. The van der Waals surface area contributed by atoms with Crippen LogP contribution in [0.2, 0.25) is 0 Å². The molecular weight excluding hydrogens is 292 g/mol. The first-order valence-corrected chi connectivity index (χ1v) is 7.23. The van der Waals surface area contributed by atoms with Crippen LogP contribution >= 0.6 is 0 Å². The lowest BCUT2D eigenvalue weighted by molar-refractivity contribution is -0.149. The van der Waals surface area contributed by atoms with Crippen molar-refractivity contribution >= 4 is 18.0 Å². The highest BCUT2D eigenvalue weighted by molar-refractivity contribution is 5.77. The second-order valence-electron chi connectivity index (χ2n) is 6.40. The molecule has 22 heavy (non-hydrogen) atoms. The number of ether oxygens (including phenoxy) is 1. The Morgan fingerprint density at radius 3 is 2.05 bits per heavy atom. The van der Waals surface area contributed by atoms with Crippen LogP contribution in [0.1, 0.15) is 27.2 Å². The Kier molecular flexibility index (Phi) is 6.16. The smallest absolute Gasteiger partial charge is 0.410 e. The van der Waals surface area contributed by atoms with Gasteiger partial charge < -0.3 is 19.8 Å². The van der Waals surface area contributed by atoms with Gasteiger partial charge in [-0.05, 0) is 20.8 Å². The van der Waals surface area contributed by atoms with E-state index >= 15 is 0 Å². The van der Waals surface area contributed by atoms with Crippen LogP contribution < -0.4 is 0 Å². The molecular formula is C14H24N2O6. The molecule has 126 valence electrons. The van der Waals surface area contributed by atoms with Crippen LogP contribution in [-0.4, -0.2) is 76.4 Å². The van der Waals surface area contributed by atoms with Crippen molar-refractivity contribution in [1.29, 1.82) is 0 Å². The first-order chi connectivity index (χ1) is 10.1. The average Bonchev–Trinajstić information content (AvgIpc) is 2.36. The molecule has 0 spiro atoms. The van der Waals surface area contributed by atoms with E-state index in [2.05, 4.69) is 0 Å². The lowest BCUT2D eigenvalue weighted by Gasteiger charge is -2.36. The van der Waals surface area contributed by atoms with E-state index in [1.54, 1.807) is 25.7 Å². The molecule has 1 rings (SSSR count). The average molecular weight is 316 g/mol. The Balaban J connectivity index is 2.46. The van der Waals surface area contributed by atoms with Gasteiger partial charge in [-0.3, -0.25) is 14.5 Å². The maximum atomic E-state index is 11.9.